The maximum Gasteiger partial charge on any atom is 0.321 e. The second kappa shape index (κ2) is 9.88. The third kappa shape index (κ3) is 5.08. The molecule has 1 aromatic heterocycles. The smallest absolute Gasteiger partial charge is 0.321 e. The molecule has 0 spiro atoms. The number of fused-ring (bicyclic) bond motifs is 1. The first-order valence-electron chi connectivity index (χ1n) is 10.4. The molecule has 4 amide bonds. The number of carbonyl (C=O) groups is 3. The van der Waals surface area contributed by atoms with Crippen molar-refractivity contribution in [1.29, 1.82) is 0 Å². The first kappa shape index (κ1) is 22.0. The lowest BCUT2D eigenvalue weighted by molar-refractivity contribution is -0.143. The lowest BCUT2D eigenvalue weighted by Gasteiger charge is -2.42. The van der Waals surface area contributed by atoms with Gasteiger partial charge in [-0.05, 0) is 30.0 Å². The molecular formula is C21H31N5O4. The van der Waals surface area contributed by atoms with Gasteiger partial charge in [0.1, 0.15) is 12.6 Å². The van der Waals surface area contributed by atoms with E-state index in [4.69, 9.17) is 4.74 Å². The molecule has 0 aliphatic carbocycles. The number of carbonyl (C=O) groups excluding carboxylic acids is 3. The Morgan fingerprint density at radius 3 is 2.60 bits per heavy atom. The van der Waals surface area contributed by atoms with E-state index in [1.165, 1.54) is 0 Å². The highest BCUT2D eigenvalue weighted by Crippen LogP contribution is 2.28. The number of ether oxygens (including phenoxy) is 1. The zero-order valence-electron chi connectivity index (χ0n) is 17.9. The highest BCUT2D eigenvalue weighted by molar-refractivity contribution is 5.91. The van der Waals surface area contributed by atoms with Crippen LogP contribution in [0.25, 0.3) is 0 Å². The van der Waals surface area contributed by atoms with Crippen LogP contribution in [0.1, 0.15) is 25.8 Å². The van der Waals surface area contributed by atoms with Gasteiger partial charge in [-0.25, -0.2) is 4.79 Å². The van der Waals surface area contributed by atoms with Gasteiger partial charge < -0.3 is 24.8 Å². The molecule has 2 aliphatic rings. The fourth-order valence-corrected chi connectivity index (χ4v) is 4.07. The molecular weight excluding hydrogens is 386 g/mol. The number of hydrogen-bond acceptors (Lipinski definition) is 5. The van der Waals surface area contributed by atoms with E-state index in [2.05, 4.69) is 10.3 Å². The Balaban J connectivity index is 1.65. The highest BCUT2D eigenvalue weighted by Gasteiger charge is 2.49. The second-order valence-electron chi connectivity index (χ2n) is 8.28. The number of nitrogens with zero attached hydrogens (tertiary/aromatic N) is 4. The number of methoxy groups -OCH3 is 1. The van der Waals surface area contributed by atoms with Crippen molar-refractivity contribution in [1.82, 2.24) is 25.0 Å². The number of amides is 4. The van der Waals surface area contributed by atoms with Crippen molar-refractivity contribution in [2.45, 2.75) is 38.9 Å². The van der Waals surface area contributed by atoms with E-state index in [9.17, 15) is 14.4 Å². The summed E-state index contributed by atoms with van der Waals surface area (Å²) in [7, 11) is 1.61. The van der Waals surface area contributed by atoms with Crippen molar-refractivity contribution in [3.63, 3.8) is 0 Å². The zero-order chi connectivity index (χ0) is 21.7. The fourth-order valence-electron chi connectivity index (χ4n) is 4.07. The minimum Gasteiger partial charge on any atom is -0.383 e. The third-order valence-electron chi connectivity index (χ3n) is 5.51. The van der Waals surface area contributed by atoms with Crippen molar-refractivity contribution < 1.29 is 19.1 Å². The Morgan fingerprint density at radius 1 is 1.23 bits per heavy atom. The minimum absolute atomic E-state index is 0.0163. The summed E-state index contributed by atoms with van der Waals surface area (Å²) in [5.74, 6) is 0.0183. The number of nitrogens with one attached hydrogen (secondary N) is 1. The predicted molar refractivity (Wildman–Crippen MR) is 110 cm³/mol. The summed E-state index contributed by atoms with van der Waals surface area (Å²) in [6.45, 7) is 6.33. The molecule has 9 nitrogen and oxygen atoms in total. The van der Waals surface area contributed by atoms with Crippen LogP contribution < -0.4 is 5.32 Å². The van der Waals surface area contributed by atoms with Crippen LogP contribution in [0.15, 0.2) is 24.5 Å². The van der Waals surface area contributed by atoms with Gasteiger partial charge in [-0.15, -0.1) is 0 Å². The van der Waals surface area contributed by atoms with Gasteiger partial charge in [-0.1, -0.05) is 13.8 Å². The largest absolute Gasteiger partial charge is 0.383 e. The Hall–Kier alpha value is -2.68. The molecule has 0 unspecified atom stereocenters. The SMILES string of the molecule is COCCN1C[C@@H]2CN(CC(=O)NCc3ccncc3)C(=O)N2[C@@H](CC(C)C)C1=O. The van der Waals surface area contributed by atoms with Gasteiger partial charge in [0.2, 0.25) is 11.8 Å². The first-order chi connectivity index (χ1) is 14.4. The van der Waals surface area contributed by atoms with Gasteiger partial charge in [-0.2, -0.15) is 0 Å². The van der Waals surface area contributed by atoms with Gasteiger partial charge >= 0.3 is 6.03 Å². The lowest BCUT2D eigenvalue weighted by atomic mass is 9.97. The molecule has 0 aromatic carbocycles. The summed E-state index contributed by atoms with van der Waals surface area (Å²) in [5.41, 5.74) is 0.944. The van der Waals surface area contributed by atoms with Crippen molar-refractivity contribution >= 4 is 17.8 Å². The molecule has 0 bridgehead atoms. The summed E-state index contributed by atoms with van der Waals surface area (Å²) in [6.07, 6.45) is 3.95. The van der Waals surface area contributed by atoms with E-state index in [1.807, 2.05) is 26.0 Å². The molecule has 2 atom stereocenters. The lowest BCUT2D eigenvalue weighted by Crippen LogP contribution is -2.61. The normalized spacial score (nSPS) is 21.4. The number of rotatable bonds is 9. The number of aromatic nitrogens is 1. The monoisotopic (exact) mass is 417 g/mol. The molecule has 3 heterocycles. The average molecular weight is 418 g/mol. The Bertz CT molecular complexity index is 757. The molecule has 1 N–H and O–H groups in total. The molecule has 0 saturated carbocycles. The summed E-state index contributed by atoms with van der Waals surface area (Å²) in [4.78, 5) is 47.5. The summed E-state index contributed by atoms with van der Waals surface area (Å²) in [5, 5.41) is 2.84. The zero-order valence-corrected chi connectivity index (χ0v) is 17.9. The van der Waals surface area contributed by atoms with Crippen molar-refractivity contribution in [2.24, 2.45) is 5.92 Å². The Morgan fingerprint density at radius 2 is 1.93 bits per heavy atom. The van der Waals surface area contributed by atoms with Crippen molar-refractivity contribution in [3.05, 3.63) is 30.1 Å². The van der Waals surface area contributed by atoms with Crippen LogP contribution in [-0.4, -0.2) is 89.5 Å². The number of piperazine rings is 1. The van der Waals surface area contributed by atoms with E-state index >= 15 is 0 Å². The van der Waals surface area contributed by atoms with Gasteiger partial charge in [0.25, 0.3) is 0 Å². The van der Waals surface area contributed by atoms with Gasteiger partial charge in [-0.3, -0.25) is 14.6 Å². The molecule has 3 rings (SSSR count). The molecule has 2 fully saturated rings. The third-order valence-corrected chi connectivity index (χ3v) is 5.51. The average Bonchev–Trinajstić information content (AvgIpc) is 3.02. The standard InChI is InChI=1S/C21H31N5O4/c1-15(2)10-18-20(28)24(8-9-30-3)12-17-13-25(21(29)26(17)18)14-19(27)23-11-16-4-6-22-7-5-16/h4-7,15,17-18H,8-14H2,1-3H3,(H,23,27)/t17-,18+/m1/s1. The first-order valence-corrected chi connectivity index (χ1v) is 10.4. The fraction of sp³-hybridized carbons (Fsp3) is 0.619. The van der Waals surface area contributed by atoms with E-state index in [-0.39, 0.29) is 36.3 Å². The maximum atomic E-state index is 13.1. The highest BCUT2D eigenvalue weighted by atomic mass is 16.5. The van der Waals surface area contributed by atoms with Gasteiger partial charge in [0.15, 0.2) is 0 Å². The van der Waals surface area contributed by atoms with Crippen LogP contribution in [0.3, 0.4) is 0 Å². The van der Waals surface area contributed by atoms with Crippen LogP contribution in [-0.2, 0) is 20.9 Å². The summed E-state index contributed by atoms with van der Waals surface area (Å²) < 4.78 is 5.14. The van der Waals surface area contributed by atoms with Crippen LogP contribution in [0.2, 0.25) is 0 Å². The maximum absolute atomic E-state index is 13.1. The van der Waals surface area contributed by atoms with Crippen LogP contribution >= 0.6 is 0 Å². The molecule has 9 heteroatoms. The molecule has 30 heavy (non-hydrogen) atoms. The minimum atomic E-state index is -0.488. The quantitative estimate of drug-likeness (QED) is 0.639. The van der Waals surface area contributed by atoms with Gasteiger partial charge in [0, 0.05) is 45.7 Å². The summed E-state index contributed by atoms with van der Waals surface area (Å²) >= 11 is 0. The Kier molecular flexibility index (Phi) is 7.25. The van der Waals surface area contributed by atoms with E-state index in [0.717, 1.165) is 5.56 Å². The van der Waals surface area contributed by atoms with Crippen molar-refractivity contribution in [3.8, 4) is 0 Å². The van der Waals surface area contributed by atoms with Gasteiger partial charge in [0.05, 0.1) is 12.6 Å². The number of urea groups is 1. The topological polar surface area (TPSA) is 95.1 Å². The molecule has 1 aromatic rings. The van der Waals surface area contributed by atoms with E-state index < -0.39 is 6.04 Å². The van der Waals surface area contributed by atoms with Crippen LogP contribution in [0.4, 0.5) is 4.79 Å². The van der Waals surface area contributed by atoms with Crippen LogP contribution in [0, 0.1) is 5.92 Å². The molecule has 164 valence electrons. The Labute approximate surface area is 177 Å². The number of pyridine rings is 1. The predicted octanol–water partition coefficient (Wildman–Crippen LogP) is 0.707. The second-order valence-corrected chi connectivity index (χ2v) is 8.28. The molecule has 2 aliphatic heterocycles. The van der Waals surface area contributed by atoms with Crippen LogP contribution in [0.5, 0.6) is 0 Å². The van der Waals surface area contributed by atoms with E-state index in [0.29, 0.717) is 39.2 Å². The molecule has 2 saturated heterocycles. The van der Waals surface area contributed by atoms with E-state index in [1.54, 1.807) is 34.2 Å². The summed E-state index contributed by atoms with van der Waals surface area (Å²) in [6, 6.07) is 2.84. The van der Waals surface area contributed by atoms with Crippen molar-refractivity contribution in [2.75, 3.05) is 39.9 Å². The number of hydrogen-bond donors (Lipinski definition) is 1. The molecule has 0 radical (unpaired) electrons.